The third-order valence-electron chi connectivity index (χ3n) is 4.68. The minimum atomic E-state index is -0.990. The van der Waals surface area contributed by atoms with Crippen LogP contribution in [0.5, 0.6) is 5.75 Å². The lowest BCUT2D eigenvalue weighted by atomic mass is 9.95. The number of ether oxygens (including phenoxy) is 2. The lowest BCUT2D eigenvalue weighted by Crippen LogP contribution is -2.43. The Morgan fingerprint density at radius 2 is 2.03 bits per heavy atom. The van der Waals surface area contributed by atoms with E-state index in [2.05, 4.69) is 5.32 Å². The highest BCUT2D eigenvalue weighted by atomic mass is 35.5. The topological polar surface area (TPSA) is 102 Å². The molecular weight excluding hydrogens is 398 g/mol. The normalized spacial score (nSPS) is 16.4. The number of carbonyl (C=O) groups is 3. The fourth-order valence-corrected chi connectivity index (χ4v) is 3.54. The minimum absolute atomic E-state index is 0.126. The minimum Gasteiger partial charge on any atom is -0.506 e. The third-order valence-corrected chi connectivity index (χ3v) is 5.01. The first kappa shape index (κ1) is 20.7. The molecule has 29 heavy (non-hydrogen) atoms. The summed E-state index contributed by atoms with van der Waals surface area (Å²) in [6.45, 7) is 1.71. The summed E-state index contributed by atoms with van der Waals surface area (Å²) in [6, 6.07) is 9.38. The molecule has 0 aliphatic carbocycles. The number of esters is 2. The molecule has 1 heterocycles. The van der Waals surface area contributed by atoms with Crippen LogP contribution in [0.25, 0.3) is 0 Å². The van der Waals surface area contributed by atoms with Gasteiger partial charge in [-0.2, -0.15) is 0 Å². The number of amides is 1. The number of aromatic hydroxyl groups is 1. The van der Waals surface area contributed by atoms with Gasteiger partial charge in [0.15, 0.2) is 0 Å². The van der Waals surface area contributed by atoms with Gasteiger partial charge < -0.3 is 19.9 Å². The number of hydrogen-bond acceptors (Lipinski definition) is 6. The predicted octanol–water partition coefficient (Wildman–Crippen LogP) is 2.66. The first-order valence-corrected chi connectivity index (χ1v) is 9.37. The van der Waals surface area contributed by atoms with Crippen molar-refractivity contribution in [3.05, 3.63) is 63.7 Å². The van der Waals surface area contributed by atoms with Crippen LogP contribution in [0.15, 0.2) is 36.4 Å². The molecule has 1 unspecified atom stereocenters. The molecule has 0 saturated heterocycles. The van der Waals surface area contributed by atoms with E-state index >= 15 is 0 Å². The molecule has 2 aromatic carbocycles. The fourth-order valence-electron chi connectivity index (χ4n) is 3.26. The number of cyclic esters (lactones) is 1. The van der Waals surface area contributed by atoms with Gasteiger partial charge in [0.1, 0.15) is 23.5 Å². The Balaban J connectivity index is 1.91. The second-order valence-corrected chi connectivity index (χ2v) is 7.17. The highest BCUT2D eigenvalue weighted by Gasteiger charge is 2.33. The first-order chi connectivity index (χ1) is 13.8. The molecule has 2 aromatic rings. The van der Waals surface area contributed by atoms with E-state index in [4.69, 9.17) is 21.1 Å². The van der Waals surface area contributed by atoms with Gasteiger partial charge in [-0.05, 0) is 24.1 Å². The number of rotatable bonds is 5. The third kappa shape index (κ3) is 4.35. The molecule has 1 amide bonds. The Morgan fingerprint density at radius 1 is 1.34 bits per heavy atom. The summed E-state index contributed by atoms with van der Waals surface area (Å²) in [7, 11) is 1.22. The molecule has 2 N–H and O–H groups in total. The number of carbonyl (C=O) groups excluding carboxylic acids is 3. The lowest BCUT2D eigenvalue weighted by molar-refractivity contribution is -0.142. The highest BCUT2D eigenvalue weighted by molar-refractivity contribution is 6.32. The average molecular weight is 418 g/mol. The van der Waals surface area contributed by atoms with Gasteiger partial charge in [0.05, 0.1) is 12.7 Å². The highest BCUT2D eigenvalue weighted by Crippen LogP contribution is 2.36. The van der Waals surface area contributed by atoms with Gasteiger partial charge >= 0.3 is 11.9 Å². The number of benzene rings is 2. The number of nitrogens with one attached hydrogen (secondary N) is 1. The number of phenolic OH excluding ortho intramolecular Hbond substituents is 1. The van der Waals surface area contributed by atoms with E-state index < -0.39 is 29.6 Å². The van der Waals surface area contributed by atoms with E-state index in [0.717, 1.165) is 5.56 Å². The molecule has 7 nitrogen and oxygen atoms in total. The van der Waals surface area contributed by atoms with E-state index in [1.807, 2.05) is 30.3 Å². The van der Waals surface area contributed by atoms with Crippen LogP contribution >= 0.6 is 11.6 Å². The molecule has 0 bridgehead atoms. The predicted molar refractivity (Wildman–Crippen MR) is 105 cm³/mol. The van der Waals surface area contributed by atoms with Crippen molar-refractivity contribution in [1.82, 2.24) is 5.32 Å². The number of halogens is 1. The molecule has 8 heteroatoms. The quantitative estimate of drug-likeness (QED) is 0.725. The molecule has 1 aliphatic heterocycles. The van der Waals surface area contributed by atoms with Gasteiger partial charge in [-0.1, -0.05) is 41.9 Å². The van der Waals surface area contributed by atoms with Crippen LogP contribution < -0.4 is 5.32 Å². The summed E-state index contributed by atoms with van der Waals surface area (Å²) in [6.07, 6.45) is 0.132. The van der Waals surface area contributed by atoms with Crippen molar-refractivity contribution in [2.45, 2.75) is 31.9 Å². The summed E-state index contributed by atoms with van der Waals surface area (Å²) in [4.78, 5) is 37.2. The summed E-state index contributed by atoms with van der Waals surface area (Å²) in [5.41, 5.74) is 0.896. The maximum absolute atomic E-state index is 12.8. The Labute approximate surface area is 172 Å². The van der Waals surface area contributed by atoms with Crippen molar-refractivity contribution in [3.63, 3.8) is 0 Å². The van der Waals surface area contributed by atoms with Crippen molar-refractivity contribution in [2.24, 2.45) is 0 Å². The zero-order valence-electron chi connectivity index (χ0n) is 15.9. The van der Waals surface area contributed by atoms with Crippen LogP contribution in [-0.4, -0.2) is 42.2 Å². The smallest absolute Gasteiger partial charge is 0.342 e. The van der Waals surface area contributed by atoms with E-state index in [0.29, 0.717) is 12.0 Å². The summed E-state index contributed by atoms with van der Waals surface area (Å²) in [5.74, 6) is -2.67. The van der Waals surface area contributed by atoms with Crippen molar-refractivity contribution in [1.29, 1.82) is 0 Å². The standard InChI is InChI=1S/C21H20ClNO6/c1-11-8-13-15(22)10-14(18(24)17(13)21(27)29-11)19(25)23-16(20(26)28-2)9-12-6-4-3-5-7-12/h3-7,10-11,16,24H,8-9H2,1-2H3,(H,23,25)/t11?,16-/m0/s1. The molecule has 3 rings (SSSR count). The maximum Gasteiger partial charge on any atom is 0.342 e. The SMILES string of the molecule is COC(=O)[C@H](Cc1ccccc1)NC(=O)c1cc(Cl)c2c(c1O)C(=O)OC(C)C2. The van der Waals surface area contributed by atoms with Crippen molar-refractivity contribution in [2.75, 3.05) is 7.11 Å². The van der Waals surface area contributed by atoms with Gasteiger partial charge in [-0.3, -0.25) is 4.79 Å². The van der Waals surface area contributed by atoms with E-state index in [1.165, 1.54) is 13.2 Å². The van der Waals surface area contributed by atoms with Crippen LogP contribution in [-0.2, 0) is 27.1 Å². The lowest BCUT2D eigenvalue weighted by Gasteiger charge is -2.24. The molecule has 2 atom stereocenters. The Bertz CT molecular complexity index is 959. The molecule has 0 spiro atoms. The summed E-state index contributed by atoms with van der Waals surface area (Å²) >= 11 is 6.26. The fraction of sp³-hybridized carbons (Fsp3) is 0.286. The van der Waals surface area contributed by atoms with Crippen LogP contribution in [0.3, 0.4) is 0 Å². The van der Waals surface area contributed by atoms with Gasteiger partial charge in [0.25, 0.3) is 5.91 Å². The van der Waals surface area contributed by atoms with E-state index in [-0.39, 0.29) is 28.7 Å². The number of phenols is 1. The van der Waals surface area contributed by atoms with Crippen LogP contribution in [0.1, 0.15) is 38.8 Å². The largest absolute Gasteiger partial charge is 0.506 e. The van der Waals surface area contributed by atoms with Gasteiger partial charge in [-0.15, -0.1) is 0 Å². The zero-order chi connectivity index (χ0) is 21.1. The molecule has 152 valence electrons. The van der Waals surface area contributed by atoms with Gasteiger partial charge in [-0.25, -0.2) is 9.59 Å². The number of hydrogen-bond donors (Lipinski definition) is 2. The Kier molecular flexibility index (Phi) is 6.08. The van der Waals surface area contributed by atoms with Crippen LogP contribution in [0, 0.1) is 0 Å². The second-order valence-electron chi connectivity index (χ2n) is 6.77. The van der Waals surface area contributed by atoms with E-state index in [9.17, 15) is 19.5 Å². The molecule has 0 saturated carbocycles. The van der Waals surface area contributed by atoms with Crippen molar-refractivity contribution >= 4 is 29.4 Å². The number of fused-ring (bicyclic) bond motifs is 1. The molecule has 0 radical (unpaired) electrons. The summed E-state index contributed by atoms with van der Waals surface area (Å²) < 4.78 is 9.91. The maximum atomic E-state index is 12.8. The van der Waals surface area contributed by atoms with Crippen molar-refractivity contribution in [3.8, 4) is 5.75 Å². The van der Waals surface area contributed by atoms with Gasteiger partial charge in [0.2, 0.25) is 0 Å². The van der Waals surface area contributed by atoms with Crippen LogP contribution in [0.4, 0.5) is 0 Å². The first-order valence-electron chi connectivity index (χ1n) is 8.99. The zero-order valence-corrected chi connectivity index (χ0v) is 16.7. The monoisotopic (exact) mass is 417 g/mol. The second kappa shape index (κ2) is 8.53. The number of methoxy groups -OCH3 is 1. The summed E-state index contributed by atoms with van der Waals surface area (Å²) in [5, 5.41) is 13.3. The molecule has 0 fully saturated rings. The Hall–Kier alpha value is -3.06. The Morgan fingerprint density at radius 3 is 2.69 bits per heavy atom. The molecule has 0 aromatic heterocycles. The van der Waals surface area contributed by atoms with Gasteiger partial charge in [0, 0.05) is 17.9 Å². The molecule has 1 aliphatic rings. The molecular formula is C21H20ClNO6. The average Bonchev–Trinajstić information content (AvgIpc) is 2.69. The van der Waals surface area contributed by atoms with Crippen molar-refractivity contribution < 1.29 is 29.0 Å². The van der Waals surface area contributed by atoms with Crippen LogP contribution in [0.2, 0.25) is 5.02 Å². The van der Waals surface area contributed by atoms with E-state index in [1.54, 1.807) is 6.92 Å².